The molecule has 0 aliphatic carbocycles. The van der Waals surface area contributed by atoms with Crippen molar-refractivity contribution in [3.63, 3.8) is 0 Å². The number of hydrogen-bond donors (Lipinski definition) is 1. The molecule has 2 amide bonds. The number of nitriles is 1. The van der Waals surface area contributed by atoms with Crippen LogP contribution in [0.5, 0.6) is 0 Å². The molecule has 33 heavy (non-hydrogen) atoms. The maximum absolute atomic E-state index is 13.1. The van der Waals surface area contributed by atoms with Crippen LogP contribution in [0.25, 0.3) is 5.69 Å². The summed E-state index contributed by atoms with van der Waals surface area (Å²) in [7, 11) is 3.27. The van der Waals surface area contributed by atoms with E-state index in [0.717, 1.165) is 11.4 Å². The molecule has 0 atom stereocenters. The van der Waals surface area contributed by atoms with Crippen LogP contribution in [0, 0.1) is 11.3 Å². The van der Waals surface area contributed by atoms with E-state index >= 15 is 0 Å². The van der Waals surface area contributed by atoms with E-state index in [4.69, 9.17) is 11.6 Å². The molecule has 2 aromatic carbocycles. The third kappa shape index (κ3) is 4.77. The first-order chi connectivity index (χ1) is 15.9. The van der Waals surface area contributed by atoms with Crippen molar-refractivity contribution >= 4 is 34.8 Å². The maximum atomic E-state index is 13.1. The number of benzene rings is 2. The number of piperidine rings is 1. The number of carbonyl (C=O) groups is 1. The number of aliphatic hydroxyl groups is 1. The van der Waals surface area contributed by atoms with Crippen molar-refractivity contribution in [3.05, 3.63) is 59.2 Å². The fraction of sp³-hybridized carbons (Fsp3) is 0.304. The second kappa shape index (κ2) is 9.48. The molecule has 1 saturated heterocycles. The smallest absolute Gasteiger partial charge is 0.329 e. The molecular formula is C23H24ClN7O2. The van der Waals surface area contributed by atoms with E-state index in [9.17, 15) is 15.2 Å². The van der Waals surface area contributed by atoms with Gasteiger partial charge in [0.1, 0.15) is 6.07 Å². The molecule has 3 aromatic rings. The quantitative estimate of drug-likeness (QED) is 0.633. The lowest BCUT2D eigenvalue weighted by molar-refractivity contribution is 0.145. The Morgan fingerprint density at radius 3 is 2.52 bits per heavy atom. The van der Waals surface area contributed by atoms with E-state index in [1.54, 1.807) is 43.2 Å². The Labute approximate surface area is 197 Å². The fourth-order valence-electron chi connectivity index (χ4n) is 3.77. The predicted molar refractivity (Wildman–Crippen MR) is 127 cm³/mol. The lowest BCUT2D eigenvalue weighted by Gasteiger charge is -2.32. The Balaban J connectivity index is 1.50. The highest BCUT2D eigenvalue weighted by molar-refractivity contribution is 6.30. The normalized spacial score (nSPS) is 14.1. The third-order valence-electron chi connectivity index (χ3n) is 5.78. The minimum atomic E-state index is -0.323. The molecule has 0 saturated carbocycles. The van der Waals surface area contributed by atoms with Gasteiger partial charge in [0.15, 0.2) is 5.82 Å². The Bertz CT molecular complexity index is 1180. The summed E-state index contributed by atoms with van der Waals surface area (Å²) in [6.45, 7) is 1.38. The van der Waals surface area contributed by atoms with E-state index in [0.29, 0.717) is 48.0 Å². The van der Waals surface area contributed by atoms with Gasteiger partial charge >= 0.3 is 6.03 Å². The molecule has 1 aromatic heterocycles. The van der Waals surface area contributed by atoms with Crippen molar-refractivity contribution in [1.82, 2.24) is 15.0 Å². The summed E-state index contributed by atoms with van der Waals surface area (Å²) in [6.07, 6.45) is 2.71. The van der Waals surface area contributed by atoms with Crippen LogP contribution in [-0.2, 0) is 0 Å². The van der Waals surface area contributed by atoms with Gasteiger partial charge < -0.3 is 10.0 Å². The molecule has 0 radical (unpaired) electrons. The summed E-state index contributed by atoms with van der Waals surface area (Å²) in [6, 6.07) is 14.4. The van der Waals surface area contributed by atoms with Gasteiger partial charge in [-0.2, -0.15) is 5.26 Å². The Morgan fingerprint density at radius 2 is 1.85 bits per heavy atom. The second-order valence-electron chi connectivity index (χ2n) is 7.93. The summed E-state index contributed by atoms with van der Waals surface area (Å²) < 4.78 is 1.56. The maximum Gasteiger partial charge on any atom is 0.329 e. The number of anilines is 3. The highest BCUT2D eigenvalue weighted by Crippen LogP contribution is 2.28. The van der Waals surface area contributed by atoms with E-state index < -0.39 is 0 Å². The van der Waals surface area contributed by atoms with Gasteiger partial charge in [0.2, 0.25) is 0 Å². The van der Waals surface area contributed by atoms with Crippen LogP contribution in [0.15, 0.2) is 48.7 Å². The minimum Gasteiger partial charge on any atom is -0.393 e. The van der Waals surface area contributed by atoms with Gasteiger partial charge in [-0.25, -0.2) is 9.48 Å². The molecule has 9 nitrogen and oxygen atoms in total. The van der Waals surface area contributed by atoms with E-state index in [1.807, 2.05) is 24.3 Å². The number of nitrogens with zero attached hydrogens (tertiary/aromatic N) is 7. The summed E-state index contributed by atoms with van der Waals surface area (Å²) >= 11 is 5.93. The predicted octanol–water partition coefficient (Wildman–Crippen LogP) is 3.45. The molecule has 0 spiro atoms. The molecule has 170 valence electrons. The van der Waals surface area contributed by atoms with Gasteiger partial charge in [-0.1, -0.05) is 16.8 Å². The van der Waals surface area contributed by atoms with E-state index in [-0.39, 0.29) is 12.1 Å². The molecule has 1 aliphatic heterocycles. The molecule has 1 aliphatic rings. The lowest BCUT2D eigenvalue weighted by atomic mass is 10.0. The third-order valence-corrected chi connectivity index (χ3v) is 6.04. The Morgan fingerprint density at radius 1 is 1.15 bits per heavy atom. The topological polar surface area (TPSA) is 102 Å². The van der Waals surface area contributed by atoms with Gasteiger partial charge in [0.05, 0.1) is 29.2 Å². The zero-order valence-corrected chi connectivity index (χ0v) is 19.1. The fourth-order valence-corrected chi connectivity index (χ4v) is 3.89. The van der Waals surface area contributed by atoms with Gasteiger partial charge in [-0.05, 0) is 55.3 Å². The van der Waals surface area contributed by atoms with Gasteiger partial charge in [0.25, 0.3) is 0 Å². The van der Waals surface area contributed by atoms with Gasteiger partial charge in [-0.15, -0.1) is 5.10 Å². The second-order valence-corrected chi connectivity index (χ2v) is 8.37. The van der Waals surface area contributed by atoms with Crippen molar-refractivity contribution < 1.29 is 9.90 Å². The monoisotopic (exact) mass is 465 g/mol. The molecule has 1 N–H and O–H groups in total. The molecule has 1 fully saturated rings. The summed E-state index contributed by atoms with van der Waals surface area (Å²) in [5.41, 5.74) is 2.66. The lowest BCUT2D eigenvalue weighted by Crippen LogP contribution is -2.39. The highest BCUT2D eigenvalue weighted by Gasteiger charge is 2.23. The summed E-state index contributed by atoms with van der Waals surface area (Å²) in [4.78, 5) is 18.0. The molecule has 2 heterocycles. The number of halogens is 1. The van der Waals surface area contributed by atoms with Crippen LogP contribution >= 0.6 is 11.6 Å². The number of carbonyl (C=O) groups excluding carboxylic acids is 1. The molecule has 4 rings (SSSR count). The number of amides is 2. The van der Waals surface area contributed by atoms with E-state index in [2.05, 4.69) is 21.3 Å². The van der Waals surface area contributed by atoms with Crippen LogP contribution in [0.4, 0.5) is 22.0 Å². The van der Waals surface area contributed by atoms with Crippen molar-refractivity contribution in [1.29, 1.82) is 5.26 Å². The summed E-state index contributed by atoms with van der Waals surface area (Å²) in [5, 5.41) is 28.3. The summed E-state index contributed by atoms with van der Waals surface area (Å²) in [5.74, 6) is 0.380. The number of aliphatic hydroxyl groups excluding tert-OH is 1. The SMILES string of the molecule is CN(C(=O)N(C)c1cn(-c2ccc(Cl)cc2)nn1)c1ccc(N2CCC(O)CC2)c(C#N)c1. The first-order valence-electron chi connectivity index (χ1n) is 10.5. The average molecular weight is 466 g/mol. The average Bonchev–Trinajstić information content (AvgIpc) is 3.33. The number of rotatable bonds is 4. The minimum absolute atomic E-state index is 0.289. The number of hydrogen-bond acceptors (Lipinski definition) is 6. The van der Waals surface area contributed by atoms with Crippen LogP contribution in [-0.4, -0.2) is 59.4 Å². The Hall–Kier alpha value is -3.61. The van der Waals surface area contributed by atoms with Gasteiger partial charge in [0, 0.05) is 37.9 Å². The molecular weight excluding hydrogens is 442 g/mol. The first-order valence-corrected chi connectivity index (χ1v) is 10.9. The number of urea groups is 1. The molecule has 0 bridgehead atoms. The van der Waals surface area contributed by atoms with E-state index in [1.165, 1.54) is 9.80 Å². The Kier molecular flexibility index (Phi) is 6.49. The standard InChI is InChI=1S/C23H24ClN7O2/c1-28(19-7-8-21(16(13-19)14-25)30-11-9-20(32)10-12-30)23(33)29(2)22-15-31(27-26-22)18-5-3-17(24)4-6-18/h3-8,13,15,20,32H,9-12H2,1-2H3. The highest BCUT2D eigenvalue weighted by atomic mass is 35.5. The van der Waals surface area contributed by atoms with Crippen LogP contribution in [0.3, 0.4) is 0 Å². The van der Waals surface area contributed by atoms with Crippen LogP contribution in [0.1, 0.15) is 18.4 Å². The van der Waals surface area contributed by atoms with Crippen LogP contribution < -0.4 is 14.7 Å². The molecule has 10 heteroatoms. The van der Waals surface area contributed by atoms with Crippen molar-refractivity contribution in [2.45, 2.75) is 18.9 Å². The number of aromatic nitrogens is 3. The van der Waals surface area contributed by atoms with Crippen molar-refractivity contribution in [2.75, 3.05) is 41.9 Å². The zero-order chi connectivity index (χ0) is 23.5. The van der Waals surface area contributed by atoms with Gasteiger partial charge in [-0.3, -0.25) is 9.80 Å². The van der Waals surface area contributed by atoms with Crippen molar-refractivity contribution in [3.8, 4) is 11.8 Å². The largest absolute Gasteiger partial charge is 0.393 e. The first kappa shape index (κ1) is 22.6. The molecule has 0 unspecified atom stereocenters. The van der Waals surface area contributed by atoms with Crippen LogP contribution in [0.2, 0.25) is 5.02 Å². The van der Waals surface area contributed by atoms with Crippen molar-refractivity contribution in [2.24, 2.45) is 0 Å². The zero-order valence-electron chi connectivity index (χ0n) is 18.4.